The SMILES string of the molecule is C=CCN(C)[C@@H]1[C@H](C)O[C@@H](O[C@H]2[C@H](C)O[C@@H](O[C@@H]3/C(C)=C/C[C@@H]4C[C@@H](C[C@]5(C=C[C@H](C)[C@@H]([C@@H](C)CC)O5)O4)OC(=O)[C@@H]4C=C(C)[C@@H](O)[C@H]5OC/C(=C\C=C\[C@@H]3C)[C@]54O)C[C@@H]2OC)C[C@@H]1OC. The fourth-order valence-electron chi connectivity index (χ4n) is 11.5. The number of ether oxygens (including phenoxy) is 10. The Kier molecular flexibility index (Phi) is 16.8. The molecular formula is C52H79NO13. The van der Waals surface area contributed by atoms with E-state index in [4.69, 9.17) is 47.4 Å². The molecule has 0 aromatic carbocycles. The average Bonchev–Trinajstić information content (AvgIpc) is 3.62. The van der Waals surface area contributed by atoms with Gasteiger partial charge in [0.15, 0.2) is 18.4 Å². The van der Waals surface area contributed by atoms with Crippen LogP contribution in [0.25, 0.3) is 0 Å². The molecule has 7 aliphatic rings. The summed E-state index contributed by atoms with van der Waals surface area (Å²) in [5, 5.41) is 23.8. The lowest BCUT2D eigenvalue weighted by molar-refractivity contribution is -0.314. The van der Waals surface area contributed by atoms with E-state index in [9.17, 15) is 15.0 Å². The highest BCUT2D eigenvalue weighted by atomic mass is 16.7. The lowest BCUT2D eigenvalue weighted by Gasteiger charge is -2.48. The molecule has 2 N–H and O–H groups in total. The van der Waals surface area contributed by atoms with Gasteiger partial charge in [-0.2, -0.15) is 0 Å². The van der Waals surface area contributed by atoms with E-state index in [1.54, 1.807) is 33.3 Å². The van der Waals surface area contributed by atoms with Gasteiger partial charge in [-0.3, -0.25) is 9.69 Å². The quantitative estimate of drug-likeness (QED) is 0.171. The maximum Gasteiger partial charge on any atom is 0.316 e. The fraction of sp³-hybridized carbons (Fsp3) is 0.750. The molecule has 0 unspecified atom stereocenters. The van der Waals surface area contributed by atoms with Crippen LogP contribution >= 0.6 is 0 Å². The first kappa shape index (κ1) is 51.3. The number of carbonyl (C=O) groups is 1. The first-order valence-corrected chi connectivity index (χ1v) is 24.4. The summed E-state index contributed by atoms with van der Waals surface area (Å²) in [6.07, 6.45) is 12.4. The minimum atomic E-state index is -1.83. The number of methoxy groups -OCH3 is 2. The van der Waals surface area contributed by atoms with Gasteiger partial charge in [0.05, 0.1) is 55.4 Å². The van der Waals surface area contributed by atoms with E-state index >= 15 is 0 Å². The minimum absolute atomic E-state index is 0.0380. The van der Waals surface area contributed by atoms with Crippen LogP contribution in [-0.2, 0) is 52.2 Å². The molecule has 2 bridgehead atoms. The summed E-state index contributed by atoms with van der Waals surface area (Å²) in [4.78, 5) is 16.6. The van der Waals surface area contributed by atoms with Crippen molar-refractivity contribution < 1.29 is 62.4 Å². The van der Waals surface area contributed by atoms with Gasteiger partial charge in [0, 0.05) is 58.3 Å². The van der Waals surface area contributed by atoms with E-state index in [1.165, 1.54) is 0 Å². The normalized spacial score (nSPS) is 46.9. The van der Waals surface area contributed by atoms with Crippen LogP contribution in [-0.4, -0.2) is 153 Å². The predicted molar refractivity (Wildman–Crippen MR) is 248 cm³/mol. The van der Waals surface area contributed by atoms with E-state index in [0.717, 1.165) is 12.0 Å². The van der Waals surface area contributed by atoms with Gasteiger partial charge in [0.25, 0.3) is 0 Å². The number of hydrogen-bond donors (Lipinski definition) is 2. The third-order valence-electron chi connectivity index (χ3n) is 15.4. The molecule has 4 saturated heterocycles. The van der Waals surface area contributed by atoms with Crippen LogP contribution < -0.4 is 0 Å². The summed E-state index contributed by atoms with van der Waals surface area (Å²) in [6.45, 7) is 21.1. The van der Waals surface area contributed by atoms with Crippen molar-refractivity contribution in [2.45, 2.75) is 191 Å². The Hall–Kier alpha value is -2.57. The molecule has 0 amide bonds. The molecule has 0 aromatic heterocycles. The van der Waals surface area contributed by atoms with Gasteiger partial charge >= 0.3 is 5.97 Å². The molecule has 14 nitrogen and oxygen atoms in total. The number of hydrogen-bond acceptors (Lipinski definition) is 14. The van der Waals surface area contributed by atoms with E-state index < -0.39 is 72.5 Å². The molecule has 66 heavy (non-hydrogen) atoms. The summed E-state index contributed by atoms with van der Waals surface area (Å²) in [5.74, 6) is -2.53. The fourth-order valence-corrected chi connectivity index (χ4v) is 11.5. The smallest absolute Gasteiger partial charge is 0.316 e. The topological polar surface area (TPSA) is 153 Å². The highest BCUT2D eigenvalue weighted by Gasteiger charge is 2.60. The van der Waals surface area contributed by atoms with Crippen LogP contribution in [0.2, 0.25) is 0 Å². The first-order valence-electron chi connectivity index (χ1n) is 24.4. The van der Waals surface area contributed by atoms with Crippen molar-refractivity contribution in [3.8, 4) is 0 Å². The van der Waals surface area contributed by atoms with Crippen molar-refractivity contribution in [2.75, 3.05) is 34.4 Å². The number of aliphatic hydroxyl groups is 2. The number of aliphatic hydroxyl groups excluding tert-OH is 1. The van der Waals surface area contributed by atoms with Gasteiger partial charge in [0.1, 0.15) is 35.9 Å². The molecule has 1 aliphatic carbocycles. The molecule has 0 saturated carbocycles. The molecule has 6 heterocycles. The third kappa shape index (κ3) is 10.6. The van der Waals surface area contributed by atoms with E-state index in [2.05, 4.69) is 58.2 Å². The number of carbonyl (C=O) groups excluding carboxylic acids is 1. The van der Waals surface area contributed by atoms with Gasteiger partial charge in [0.2, 0.25) is 0 Å². The summed E-state index contributed by atoms with van der Waals surface area (Å²) < 4.78 is 65.1. The summed E-state index contributed by atoms with van der Waals surface area (Å²) >= 11 is 0. The Morgan fingerprint density at radius 2 is 1.67 bits per heavy atom. The molecule has 1 spiro atoms. The van der Waals surface area contributed by atoms with Gasteiger partial charge in [-0.25, -0.2) is 0 Å². The summed E-state index contributed by atoms with van der Waals surface area (Å²) in [6, 6.07) is 0.0424. The highest BCUT2D eigenvalue weighted by molar-refractivity contribution is 5.78. The maximum atomic E-state index is 14.4. The molecule has 370 valence electrons. The van der Waals surface area contributed by atoms with Crippen LogP contribution in [0.3, 0.4) is 0 Å². The lowest BCUT2D eigenvalue weighted by atomic mass is 9.71. The molecule has 6 aliphatic heterocycles. The standard InChI is InChI=1S/C52H79NO13/c1-13-22-53(10)44-34(8)60-42(25-40(44)57-11)64-48-35(9)61-43(26-41(48)58-12)63-46-30(4)16-15-17-36-28-59-49-45(54)33(7)23-39(52(36,49)56)50(55)62-38-24-37(19-18-31(46)5)65-51(27-38)21-20-32(6)47(66-51)29(3)14-2/h13,15-18,20-21,23,29-30,32,34-35,37-49,54,56H,1,14,19,22,24-28H2,2-12H3/b16-15+,31-18+,36-17+/t29-,30-,32-,34-,35-,37+,38-,39-,40-,41-,42-,43-,44+,45+,46-,47+,48-,49+,51+,52+/m0/s1. The second kappa shape index (κ2) is 21.6. The molecule has 4 fully saturated rings. The highest BCUT2D eigenvalue weighted by Crippen LogP contribution is 2.47. The van der Waals surface area contributed by atoms with Crippen LogP contribution in [0.1, 0.15) is 93.9 Å². The van der Waals surface area contributed by atoms with E-state index in [1.807, 2.05) is 45.2 Å². The maximum absolute atomic E-state index is 14.4. The second-order valence-corrected chi connectivity index (χ2v) is 20.2. The number of nitrogens with zero attached hydrogens (tertiary/aromatic N) is 1. The number of fused-ring (bicyclic) bond motifs is 2. The second-order valence-electron chi connectivity index (χ2n) is 20.2. The summed E-state index contributed by atoms with van der Waals surface area (Å²) in [7, 11) is 5.47. The number of rotatable bonds is 11. The molecular weight excluding hydrogens is 847 g/mol. The number of esters is 1. The van der Waals surface area contributed by atoms with Crippen molar-refractivity contribution in [2.24, 2.45) is 23.7 Å². The van der Waals surface area contributed by atoms with Crippen LogP contribution in [0.15, 0.2) is 71.9 Å². The van der Waals surface area contributed by atoms with Gasteiger partial charge in [-0.1, -0.05) is 76.6 Å². The number of likely N-dealkylation sites (N-methyl/N-ethyl adjacent to an activating group) is 1. The van der Waals surface area contributed by atoms with Gasteiger partial charge in [-0.05, 0) is 69.9 Å². The van der Waals surface area contributed by atoms with Crippen molar-refractivity contribution in [1.82, 2.24) is 4.90 Å². The Balaban J connectivity index is 1.16. The molecule has 20 atom stereocenters. The van der Waals surface area contributed by atoms with Crippen molar-refractivity contribution >= 4 is 5.97 Å². The van der Waals surface area contributed by atoms with Crippen molar-refractivity contribution in [1.29, 1.82) is 0 Å². The zero-order chi connectivity index (χ0) is 47.7. The molecule has 0 radical (unpaired) electrons. The van der Waals surface area contributed by atoms with Crippen LogP contribution in [0.4, 0.5) is 0 Å². The van der Waals surface area contributed by atoms with E-state index in [0.29, 0.717) is 49.8 Å². The van der Waals surface area contributed by atoms with Gasteiger partial charge in [-0.15, -0.1) is 6.58 Å². The van der Waals surface area contributed by atoms with Crippen molar-refractivity contribution in [3.63, 3.8) is 0 Å². The van der Waals surface area contributed by atoms with Crippen LogP contribution in [0, 0.1) is 23.7 Å². The number of allylic oxidation sites excluding steroid dienone is 2. The molecule has 0 aromatic rings. The predicted octanol–water partition coefficient (Wildman–Crippen LogP) is 6.50. The molecule has 7 rings (SSSR count). The Morgan fingerprint density at radius 3 is 2.38 bits per heavy atom. The van der Waals surface area contributed by atoms with E-state index in [-0.39, 0.29) is 60.9 Å². The van der Waals surface area contributed by atoms with Crippen LogP contribution in [0.5, 0.6) is 0 Å². The third-order valence-corrected chi connectivity index (χ3v) is 15.4. The average molecular weight is 926 g/mol. The van der Waals surface area contributed by atoms with Crippen molar-refractivity contribution in [3.05, 3.63) is 71.9 Å². The monoisotopic (exact) mass is 926 g/mol. The Labute approximate surface area is 393 Å². The first-order chi connectivity index (χ1) is 31.4. The lowest BCUT2D eigenvalue weighted by Crippen LogP contribution is -2.58. The minimum Gasteiger partial charge on any atom is -0.462 e. The Bertz CT molecular complexity index is 1850. The zero-order valence-electron chi connectivity index (χ0n) is 41.2. The molecule has 14 heteroatoms. The summed E-state index contributed by atoms with van der Waals surface area (Å²) in [5.41, 5.74) is 0.168. The Morgan fingerprint density at radius 1 is 0.955 bits per heavy atom. The van der Waals surface area contributed by atoms with Gasteiger partial charge < -0.3 is 57.6 Å². The largest absolute Gasteiger partial charge is 0.462 e. The zero-order valence-corrected chi connectivity index (χ0v) is 41.2.